The van der Waals surface area contributed by atoms with E-state index in [9.17, 15) is 14.4 Å². The molecule has 7 heteroatoms. The Morgan fingerprint density at radius 3 is 2.47 bits per heavy atom. The molecule has 19 heavy (non-hydrogen) atoms. The van der Waals surface area contributed by atoms with E-state index in [2.05, 4.69) is 16.0 Å². The van der Waals surface area contributed by atoms with Gasteiger partial charge in [0.1, 0.15) is 0 Å². The molecule has 0 aliphatic heterocycles. The number of urea groups is 1. The first-order chi connectivity index (χ1) is 9.01. The number of nitrogens with one attached hydrogen (secondary N) is 3. The SMILES string of the molecule is CCNC(=O)NC(=O)C(C)NCCCC(=O)OCC. The van der Waals surface area contributed by atoms with Gasteiger partial charge in [-0.05, 0) is 33.7 Å². The van der Waals surface area contributed by atoms with Crippen LogP contribution < -0.4 is 16.0 Å². The number of rotatable bonds is 8. The van der Waals surface area contributed by atoms with Crippen molar-refractivity contribution < 1.29 is 19.1 Å². The molecule has 0 aromatic rings. The highest BCUT2D eigenvalue weighted by molar-refractivity contribution is 5.96. The maximum Gasteiger partial charge on any atom is 0.321 e. The van der Waals surface area contributed by atoms with Gasteiger partial charge in [-0.2, -0.15) is 0 Å². The number of esters is 1. The predicted molar refractivity (Wildman–Crippen MR) is 70.5 cm³/mol. The van der Waals surface area contributed by atoms with Gasteiger partial charge in [-0.25, -0.2) is 4.79 Å². The molecule has 0 aromatic carbocycles. The Morgan fingerprint density at radius 2 is 1.89 bits per heavy atom. The molecule has 0 aromatic heterocycles. The molecule has 0 rings (SSSR count). The highest BCUT2D eigenvalue weighted by atomic mass is 16.5. The van der Waals surface area contributed by atoms with E-state index in [1.807, 2.05) is 0 Å². The molecule has 0 aliphatic rings. The summed E-state index contributed by atoms with van der Waals surface area (Å²) in [4.78, 5) is 33.7. The Hall–Kier alpha value is -1.63. The number of carbonyl (C=O) groups excluding carboxylic acids is 3. The zero-order valence-corrected chi connectivity index (χ0v) is 11.7. The first kappa shape index (κ1) is 17.4. The van der Waals surface area contributed by atoms with Gasteiger partial charge in [0.05, 0.1) is 12.6 Å². The van der Waals surface area contributed by atoms with Gasteiger partial charge in [-0.1, -0.05) is 0 Å². The first-order valence-electron chi connectivity index (χ1n) is 6.48. The quantitative estimate of drug-likeness (QED) is 0.432. The summed E-state index contributed by atoms with van der Waals surface area (Å²) in [6.07, 6.45) is 0.892. The number of amides is 3. The molecule has 7 nitrogen and oxygen atoms in total. The van der Waals surface area contributed by atoms with E-state index >= 15 is 0 Å². The van der Waals surface area contributed by atoms with E-state index in [-0.39, 0.29) is 5.97 Å². The molecule has 0 saturated carbocycles. The van der Waals surface area contributed by atoms with Crippen molar-refractivity contribution in [1.29, 1.82) is 0 Å². The molecule has 0 heterocycles. The van der Waals surface area contributed by atoms with Crippen LogP contribution in [0.15, 0.2) is 0 Å². The maximum atomic E-state index is 11.5. The van der Waals surface area contributed by atoms with Crippen LogP contribution in [-0.2, 0) is 14.3 Å². The number of imide groups is 1. The lowest BCUT2D eigenvalue weighted by Crippen LogP contribution is -2.48. The van der Waals surface area contributed by atoms with Gasteiger partial charge < -0.3 is 15.4 Å². The van der Waals surface area contributed by atoms with Crippen LogP contribution in [0.5, 0.6) is 0 Å². The minimum Gasteiger partial charge on any atom is -0.466 e. The van der Waals surface area contributed by atoms with E-state index in [0.717, 1.165) is 0 Å². The summed E-state index contributed by atoms with van der Waals surface area (Å²) in [5, 5.41) is 7.60. The molecule has 0 radical (unpaired) electrons. The van der Waals surface area contributed by atoms with E-state index < -0.39 is 18.0 Å². The van der Waals surface area contributed by atoms with Crippen LogP contribution in [0.3, 0.4) is 0 Å². The largest absolute Gasteiger partial charge is 0.466 e. The molecule has 0 aliphatic carbocycles. The van der Waals surface area contributed by atoms with Crippen molar-refractivity contribution >= 4 is 17.9 Å². The summed E-state index contributed by atoms with van der Waals surface area (Å²) >= 11 is 0. The Bertz CT molecular complexity index is 307. The van der Waals surface area contributed by atoms with Gasteiger partial charge in [0.2, 0.25) is 5.91 Å². The third kappa shape index (κ3) is 9.01. The van der Waals surface area contributed by atoms with Gasteiger partial charge in [-0.3, -0.25) is 14.9 Å². The Morgan fingerprint density at radius 1 is 1.21 bits per heavy atom. The van der Waals surface area contributed by atoms with E-state index in [4.69, 9.17) is 4.74 Å². The Kier molecular flexibility index (Phi) is 9.42. The Balaban J connectivity index is 3.73. The average molecular weight is 273 g/mol. The molecule has 1 unspecified atom stereocenters. The van der Waals surface area contributed by atoms with Crippen molar-refractivity contribution in [2.75, 3.05) is 19.7 Å². The topological polar surface area (TPSA) is 96.5 Å². The molecule has 1 atom stereocenters. The first-order valence-corrected chi connectivity index (χ1v) is 6.48. The molecule has 110 valence electrons. The summed E-state index contributed by atoms with van der Waals surface area (Å²) in [5.41, 5.74) is 0. The molecule has 3 amide bonds. The molecular weight excluding hydrogens is 250 g/mol. The standard InChI is InChI=1S/C12H23N3O4/c1-4-13-12(18)15-11(17)9(3)14-8-6-7-10(16)19-5-2/h9,14H,4-8H2,1-3H3,(H2,13,15,17,18). The van der Waals surface area contributed by atoms with Crippen LogP contribution in [0.25, 0.3) is 0 Å². The lowest BCUT2D eigenvalue weighted by atomic mass is 10.2. The summed E-state index contributed by atoms with van der Waals surface area (Å²) in [7, 11) is 0. The fourth-order valence-corrected chi connectivity index (χ4v) is 1.30. The zero-order chi connectivity index (χ0) is 14.7. The number of ether oxygens (including phenoxy) is 1. The fourth-order valence-electron chi connectivity index (χ4n) is 1.30. The normalized spacial score (nSPS) is 11.5. The highest BCUT2D eigenvalue weighted by Crippen LogP contribution is 1.92. The second-order valence-electron chi connectivity index (χ2n) is 3.93. The maximum absolute atomic E-state index is 11.5. The zero-order valence-electron chi connectivity index (χ0n) is 11.7. The van der Waals surface area contributed by atoms with Gasteiger partial charge in [0.25, 0.3) is 0 Å². The number of carbonyl (C=O) groups is 3. The lowest BCUT2D eigenvalue weighted by molar-refractivity contribution is -0.143. The fraction of sp³-hybridized carbons (Fsp3) is 0.750. The van der Waals surface area contributed by atoms with Crippen molar-refractivity contribution in [3.63, 3.8) is 0 Å². The summed E-state index contributed by atoms with van der Waals surface area (Å²) in [6, 6.07) is -1.00. The second kappa shape index (κ2) is 10.3. The van der Waals surface area contributed by atoms with Crippen molar-refractivity contribution in [2.45, 2.75) is 39.7 Å². The molecule has 0 saturated heterocycles. The summed E-state index contributed by atoms with van der Waals surface area (Å²) < 4.78 is 4.78. The van der Waals surface area contributed by atoms with Crippen LogP contribution in [-0.4, -0.2) is 43.6 Å². The molecule has 3 N–H and O–H groups in total. The Labute approximate surface area is 113 Å². The van der Waals surface area contributed by atoms with Crippen molar-refractivity contribution in [3.05, 3.63) is 0 Å². The van der Waals surface area contributed by atoms with Gasteiger partial charge in [0, 0.05) is 13.0 Å². The average Bonchev–Trinajstić information content (AvgIpc) is 2.34. The second-order valence-corrected chi connectivity index (χ2v) is 3.93. The van der Waals surface area contributed by atoms with E-state index in [1.165, 1.54) is 0 Å². The molecule has 0 bridgehead atoms. The van der Waals surface area contributed by atoms with Crippen molar-refractivity contribution in [1.82, 2.24) is 16.0 Å². The monoisotopic (exact) mass is 273 g/mol. The third-order valence-electron chi connectivity index (χ3n) is 2.28. The van der Waals surface area contributed by atoms with E-state index in [1.54, 1.807) is 20.8 Å². The van der Waals surface area contributed by atoms with Gasteiger partial charge >= 0.3 is 12.0 Å². The molecule has 0 spiro atoms. The lowest BCUT2D eigenvalue weighted by Gasteiger charge is -2.13. The van der Waals surface area contributed by atoms with Crippen molar-refractivity contribution in [2.24, 2.45) is 0 Å². The minimum absolute atomic E-state index is 0.247. The molecular formula is C12H23N3O4. The highest BCUT2D eigenvalue weighted by Gasteiger charge is 2.14. The van der Waals surface area contributed by atoms with Gasteiger partial charge in [-0.15, -0.1) is 0 Å². The smallest absolute Gasteiger partial charge is 0.321 e. The van der Waals surface area contributed by atoms with E-state index in [0.29, 0.717) is 32.5 Å². The van der Waals surface area contributed by atoms with Crippen molar-refractivity contribution in [3.8, 4) is 0 Å². The van der Waals surface area contributed by atoms with Crippen LogP contribution in [0.2, 0.25) is 0 Å². The van der Waals surface area contributed by atoms with Gasteiger partial charge in [0.15, 0.2) is 0 Å². The van der Waals surface area contributed by atoms with Crippen LogP contribution >= 0.6 is 0 Å². The van der Waals surface area contributed by atoms with Crippen LogP contribution in [0.4, 0.5) is 4.79 Å². The molecule has 0 fully saturated rings. The summed E-state index contributed by atoms with van der Waals surface area (Å²) in [6.45, 7) is 6.50. The number of hydrogen-bond donors (Lipinski definition) is 3. The summed E-state index contributed by atoms with van der Waals surface area (Å²) in [5.74, 6) is -0.647. The number of hydrogen-bond acceptors (Lipinski definition) is 5. The third-order valence-corrected chi connectivity index (χ3v) is 2.28. The minimum atomic E-state index is -0.507. The van der Waals surface area contributed by atoms with Crippen LogP contribution in [0.1, 0.15) is 33.6 Å². The predicted octanol–water partition coefficient (Wildman–Crippen LogP) is 0.154. The van der Waals surface area contributed by atoms with Crippen LogP contribution in [0, 0.1) is 0 Å².